The summed E-state index contributed by atoms with van der Waals surface area (Å²) in [6, 6.07) is 11.1. The van der Waals surface area contributed by atoms with Gasteiger partial charge in [0.15, 0.2) is 0 Å². The quantitative estimate of drug-likeness (QED) is 0.887. The van der Waals surface area contributed by atoms with E-state index in [2.05, 4.69) is 5.32 Å². The Bertz CT molecular complexity index is 807. The molecule has 0 bridgehead atoms. The predicted octanol–water partition coefficient (Wildman–Crippen LogP) is 3.21. The van der Waals surface area contributed by atoms with Crippen LogP contribution in [0.1, 0.15) is 44.7 Å². The molecule has 0 saturated heterocycles. The molecule has 0 heterocycles. The smallest absolute Gasteiger partial charge is 0.251 e. The molecule has 1 aliphatic rings. The van der Waals surface area contributed by atoms with Crippen LogP contribution in [0.2, 0.25) is 0 Å². The molecule has 0 aliphatic heterocycles. The second-order valence-corrected chi connectivity index (χ2v) is 6.58. The molecule has 3 rings (SSSR count). The maximum Gasteiger partial charge on any atom is 0.251 e. The Morgan fingerprint density at radius 3 is 2.33 bits per heavy atom. The fraction of sp³-hybridized carbons (Fsp3) is 0.300. The van der Waals surface area contributed by atoms with Gasteiger partial charge in [0.25, 0.3) is 5.91 Å². The van der Waals surface area contributed by atoms with Gasteiger partial charge in [-0.2, -0.15) is 0 Å². The molecule has 0 atom stereocenters. The van der Waals surface area contributed by atoms with E-state index in [1.54, 1.807) is 12.1 Å². The molecule has 0 aromatic heterocycles. The van der Waals surface area contributed by atoms with E-state index in [0.29, 0.717) is 17.0 Å². The number of carbonyl (C=O) groups excluding carboxylic acids is 2. The Kier molecular flexibility index (Phi) is 4.38. The number of primary amides is 1. The third-order valence-corrected chi connectivity index (χ3v) is 4.55. The van der Waals surface area contributed by atoms with Crippen molar-refractivity contribution >= 4 is 11.8 Å². The predicted molar refractivity (Wildman–Crippen MR) is 94.9 cm³/mol. The lowest BCUT2D eigenvalue weighted by atomic mass is 9.93. The molecule has 2 amide bonds. The van der Waals surface area contributed by atoms with Crippen molar-refractivity contribution < 1.29 is 9.59 Å². The SMILES string of the molecule is Cc1cc(C(N)=O)ccc1-c1cc(C(=O)NCC2CC2)ccc1C. The first kappa shape index (κ1) is 16.2. The summed E-state index contributed by atoms with van der Waals surface area (Å²) >= 11 is 0. The average molecular weight is 322 g/mol. The van der Waals surface area contributed by atoms with E-state index in [-0.39, 0.29) is 5.91 Å². The number of carbonyl (C=O) groups is 2. The molecule has 1 aliphatic carbocycles. The van der Waals surface area contributed by atoms with Gasteiger partial charge in [-0.3, -0.25) is 9.59 Å². The first-order valence-electron chi connectivity index (χ1n) is 8.25. The summed E-state index contributed by atoms with van der Waals surface area (Å²) in [6.45, 7) is 4.72. The molecule has 2 aromatic carbocycles. The number of nitrogens with one attached hydrogen (secondary N) is 1. The number of hydrogen-bond donors (Lipinski definition) is 2. The summed E-state index contributed by atoms with van der Waals surface area (Å²) in [5.74, 6) is 0.187. The van der Waals surface area contributed by atoms with E-state index in [1.807, 2.05) is 38.1 Å². The molecule has 24 heavy (non-hydrogen) atoms. The zero-order chi connectivity index (χ0) is 17.3. The second-order valence-electron chi connectivity index (χ2n) is 6.58. The van der Waals surface area contributed by atoms with Crippen LogP contribution in [0.4, 0.5) is 0 Å². The fourth-order valence-electron chi connectivity index (χ4n) is 2.83. The number of aryl methyl sites for hydroxylation is 2. The zero-order valence-electron chi connectivity index (χ0n) is 14.1. The van der Waals surface area contributed by atoms with Crippen molar-refractivity contribution in [3.8, 4) is 11.1 Å². The van der Waals surface area contributed by atoms with Crippen molar-refractivity contribution in [3.05, 3.63) is 58.7 Å². The third kappa shape index (κ3) is 3.48. The molecule has 1 saturated carbocycles. The lowest BCUT2D eigenvalue weighted by molar-refractivity contribution is 0.0950. The molecule has 4 heteroatoms. The van der Waals surface area contributed by atoms with E-state index in [9.17, 15) is 9.59 Å². The molecular weight excluding hydrogens is 300 g/mol. The van der Waals surface area contributed by atoms with E-state index in [1.165, 1.54) is 12.8 Å². The van der Waals surface area contributed by atoms with Crippen molar-refractivity contribution in [3.63, 3.8) is 0 Å². The van der Waals surface area contributed by atoms with Crippen LogP contribution < -0.4 is 11.1 Å². The van der Waals surface area contributed by atoms with Gasteiger partial charge in [-0.05, 0) is 79.1 Å². The molecule has 1 fully saturated rings. The summed E-state index contributed by atoms with van der Waals surface area (Å²) in [7, 11) is 0. The Morgan fingerprint density at radius 2 is 1.71 bits per heavy atom. The summed E-state index contributed by atoms with van der Waals surface area (Å²) in [6.07, 6.45) is 2.43. The molecule has 0 spiro atoms. The third-order valence-electron chi connectivity index (χ3n) is 4.55. The van der Waals surface area contributed by atoms with Crippen LogP contribution in [-0.4, -0.2) is 18.4 Å². The minimum atomic E-state index is -0.436. The van der Waals surface area contributed by atoms with Gasteiger partial charge in [0.2, 0.25) is 5.91 Å². The van der Waals surface area contributed by atoms with Crippen molar-refractivity contribution in [2.24, 2.45) is 11.7 Å². The maximum atomic E-state index is 12.3. The highest BCUT2D eigenvalue weighted by Crippen LogP contribution is 2.29. The standard InChI is InChI=1S/C20H22N2O2/c1-12-3-6-16(20(24)22-11-14-4-5-14)10-18(12)17-8-7-15(19(21)23)9-13(17)2/h3,6-10,14H,4-5,11H2,1-2H3,(H2,21,23)(H,22,24). The van der Waals surface area contributed by atoms with E-state index in [4.69, 9.17) is 5.73 Å². The van der Waals surface area contributed by atoms with Gasteiger partial charge in [-0.1, -0.05) is 12.1 Å². The van der Waals surface area contributed by atoms with Crippen molar-refractivity contribution in [1.82, 2.24) is 5.32 Å². The fourth-order valence-corrected chi connectivity index (χ4v) is 2.83. The van der Waals surface area contributed by atoms with Crippen LogP contribution in [0.25, 0.3) is 11.1 Å². The molecule has 3 N–H and O–H groups in total. The van der Waals surface area contributed by atoms with Crippen LogP contribution >= 0.6 is 0 Å². The van der Waals surface area contributed by atoms with Crippen LogP contribution in [0.3, 0.4) is 0 Å². The molecule has 0 unspecified atom stereocenters. The first-order valence-corrected chi connectivity index (χ1v) is 8.25. The molecule has 0 radical (unpaired) electrons. The monoisotopic (exact) mass is 322 g/mol. The Balaban J connectivity index is 1.90. The van der Waals surface area contributed by atoms with Crippen LogP contribution in [0.5, 0.6) is 0 Å². The van der Waals surface area contributed by atoms with Crippen LogP contribution in [-0.2, 0) is 0 Å². The van der Waals surface area contributed by atoms with Gasteiger partial charge in [-0.15, -0.1) is 0 Å². The molecule has 2 aromatic rings. The molecule has 124 valence electrons. The number of nitrogens with two attached hydrogens (primary N) is 1. The minimum absolute atomic E-state index is 0.0328. The van der Waals surface area contributed by atoms with Crippen molar-refractivity contribution in [1.29, 1.82) is 0 Å². The number of hydrogen-bond acceptors (Lipinski definition) is 2. The maximum absolute atomic E-state index is 12.3. The van der Waals surface area contributed by atoms with Gasteiger partial charge in [0, 0.05) is 17.7 Å². The van der Waals surface area contributed by atoms with Gasteiger partial charge >= 0.3 is 0 Å². The normalized spacial score (nSPS) is 13.6. The first-order chi connectivity index (χ1) is 11.5. The van der Waals surface area contributed by atoms with Crippen molar-refractivity contribution in [2.75, 3.05) is 6.54 Å². The number of amides is 2. The largest absolute Gasteiger partial charge is 0.366 e. The lowest BCUT2D eigenvalue weighted by Crippen LogP contribution is -2.25. The van der Waals surface area contributed by atoms with Gasteiger partial charge in [-0.25, -0.2) is 0 Å². The van der Waals surface area contributed by atoms with Crippen molar-refractivity contribution in [2.45, 2.75) is 26.7 Å². The summed E-state index contributed by atoms with van der Waals surface area (Å²) < 4.78 is 0. The average Bonchev–Trinajstić information content (AvgIpc) is 3.37. The number of benzene rings is 2. The Labute approximate surface area is 142 Å². The van der Waals surface area contributed by atoms with Gasteiger partial charge in [0.05, 0.1) is 0 Å². The highest BCUT2D eigenvalue weighted by molar-refractivity contribution is 5.96. The highest BCUT2D eigenvalue weighted by atomic mass is 16.2. The van der Waals surface area contributed by atoms with Crippen LogP contribution in [0, 0.1) is 19.8 Å². The summed E-state index contributed by atoms with van der Waals surface area (Å²) in [5.41, 5.74) is 10.6. The van der Waals surface area contributed by atoms with E-state index < -0.39 is 5.91 Å². The van der Waals surface area contributed by atoms with E-state index >= 15 is 0 Å². The summed E-state index contributed by atoms with van der Waals surface area (Å²) in [4.78, 5) is 23.6. The number of rotatable bonds is 5. The minimum Gasteiger partial charge on any atom is -0.366 e. The Hall–Kier alpha value is -2.62. The van der Waals surface area contributed by atoms with Gasteiger partial charge in [0.1, 0.15) is 0 Å². The summed E-state index contributed by atoms with van der Waals surface area (Å²) in [5, 5.41) is 3.00. The lowest BCUT2D eigenvalue weighted by Gasteiger charge is -2.13. The Morgan fingerprint density at radius 1 is 1.00 bits per heavy atom. The zero-order valence-corrected chi connectivity index (χ0v) is 14.1. The van der Waals surface area contributed by atoms with Gasteiger partial charge < -0.3 is 11.1 Å². The molecule has 4 nitrogen and oxygen atoms in total. The highest BCUT2D eigenvalue weighted by Gasteiger charge is 2.22. The van der Waals surface area contributed by atoms with Crippen LogP contribution in [0.15, 0.2) is 36.4 Å². The molecular formula is C20H22N2O2. The second kappa shape index (κ2) is 6.48. The van der Waals surface area contributed by atoms with E-state index in [0.717, 1.165) is 28.8 Å². The topological polar surface area (TPSA) is 72.2 Å².